The lowest BCUT2D eigenvalue weighted by Gasteiger charge is -2.21. The van der Waals surface area contributed by atoms with Crippen LogP contribution in [0.1, 0.15) is 32.1 Å². The molecule has 0 atom stereocenters. The van der Waals surface area contributed by atoms with Crippen LogP contribution in [0.15, 0.2) is 47.4 Å². The maximum atomic E-state index is 14.1. The maximum absolute atomic E-state index is 14.1. The van der Waals surface area contributed by atoms with Crippen molar-refractivity contribution in [3.05, 3.63) is 54.1 Å². The Hall–Kier alpha value is -2.41. The number of thioether (sulfide) groups is 1. The fraction of sp³-hybridized carbons (Fsp3) is 0.333. The van der Waals surface area contributed by atoms with Gasteiger partial charge in [-0.15, -0.1) is 11.8 Å². The highest BCUT2D eigenvalue weighted by Crippen LogP contribution is 2.27. The number of hydrogen-bond donors (Lipinski definition) is 2. The molecule has 7 heteroatoms. The summed E-state index contributed by atoms with van der Waals surface area (Å²) in [6.45, 7) is 0. The predicted octanol–water partition coefficient (Wildman–Crippen LogP) is 5.21. The molecule has 1 fully saturated rings. The van der Waals surface area contributed by atoms with Crippen molar-refractivity contribution in [1.82, 2.24) is 0 Å². The van der Waals surface area contributed by atoms with Crippen LogP contribution < -0.4 is 10.6 Å². The van der Waals surface area contributed by atoms with E-state index in [1.54, 1.807) is 12.1 Å². The highest BCUT2D eigenvalue weighted by molar-refractivity contribution is 8.00. The predicted molar refractivity (Wildman–Crippen MR) is 107 cm³/mol. The van der Waals surface area contributed by atoms with Crippen molar-refractivity contribution < 1.29 is 18.4 Å². The number of hydrogen-bond acceptors (Lipinski definition) is 3. The van der Waals surface area contributed by atoms with Gasteiger partial charge in [0.1, 0.15) is 11.6 Å². The molecule has 2 aromatic rings. The van der Waals surface area contributed by atoms with E-state index in [-0.39, 0.29) is 35.0 Å². The molecule has 2 amide bonds. The third kappa shape index (κ3) is 5.79. The number of anilines is 2. The summed E-state index contributed by atoms with van der Waals surface area (Å²) in [6.07, 6.45) is 4.81. The summed E-state index contributed by atoms with van der Waals surface area (Å²) in [5, 5.41) is 5.34. The van der Waals surface area contributed by atoms with E-state index in [4.69, 9.17) is 0 Å². The van der Waals surface area contributed by atoms with Crippen LogP contribution in [0.5, 0.6) is 0 Å². The fourth-order valence-corrected chi connectivity index (χ4v) is 3.87. The molecule has 0 heterocycles. The van der Waals surface area contributed by atoms with E-state index in [1.165, 1.54) is 42.1 Å². The van der Waals surface area contributed by atoms with Gasteiger partial charge in [-0.05, 0) is 55.3 Å². The topological polar surface area (TPSA) is 58.2 Å². The number of nitrogens with one attached hydrogen (secondary N) is 2. The average molecular weight is 404 g/mol. The molecule has 0 unspecified atom stereocenters. The normalized spacial score (nSPS) is 14.5. The second-order valence-electron chi connectivity index (χ2n) is 6.81. The zero-order valence-electron chi connectivity index (χ0n) is 15.3. The number of amides is 2. The smallest absolute Gasteiger partial charge is 0.234 e. The third-order valence-corrected chi connectivity index (χ3v) is 5.68. The molecule has 1 aliphatic carbocycles. The Labute approximate surface area is 167 Å². The van der Waals surface area contributed by atoms with Gasteiger partial charge in [0.05, 0.1) is 11.4 Å². The van der Waals surface area contributed by atoms with Crippen molar-refractivity contribution in [2.24, 2.45) is 5.92 Å². The molecule has 1 saturated carbocycles. The van der Waals surface area contributed by atoms with Gasteiger partial charge in [0.25, 0.3) is 0 Å². The number of benzene rings is 2. The molecule has 0 radical (unpaired) electrons. The van der Waals surface area contributed by atoms with Gasteiger partial charge in [-0.3, -0.25) is 9.59 Å². The van der Waals surface area contributed by atoms with Gasteiger partial charge < -0.3 is 10.6 Å². The van der Waals surface area contributed by atoms with Crippen LogP contribution in [0.3, 0.4) is 0 Å². The van der Waals surface area contributed by atoms with Crippen molar-refractivity contribution in [2.45, 2.75) is 37.0 Å². The van der Waals surface area contributed by atoms with E-state index in [1.807, 2.05) is 0 Å². The minimum absolute atomic E-state index is 0.0690. The second kappa shape index (κ2) is 9.68. The van der Waals surface area contributed by atoms with Crippen LogP contribution in [0.2, 0.25) is 0 Å². The zero-order chi connectivity index (χ0) is 19.9. The first kappa shape index (κ1) is 20.3. The van der Waals surface area contributed by atoms with Gasteiger partial charge in [-0.25, -0.2) is 8.78 Å². The van der Waals surface area contributed by atoms with Crippen molar-refractivity contribution in [1.29, 1.82) is 0 Å². The molecule has 1 aliphatic rings. The number of carbonyl (C=O) groups excluding carboxylic acids is 2. The van der Waals surface area contributed by atoms with Crippen molar-refractivity contribution in [2.75, 3.05) is 16.4 Å². The molecule has 0 aliphatic heterocycles. The molecule has 2 N–H and O–H groups in total. The fourth-order valence-electron chi connectivity index (χ4n) is 3.18. The van der Waals surface area contributed by atoms with Crippen LogP contribution in [0, 0.1) is 17.6 Å². The Bertz CT molecular complexity index is 837. The number of rotatable bonds is 6. The van der Waals surface area contributed by atoms with Crippen LogP contribution in [-0.2, 0) is 9.59 Å². The summed E-state index contributed by atoms with van der Waals surface area (Å²) >= 11 is 1.27. The van der Waals surface area contributed by atoms with Gasteiger partial charge in [-0.1, -0.05) is 19.3 Å². The van der Waals surface area contributed by atoms with E-state index in [2.05, 4.69) is 10.6 Å². The molecule has 2 aromatic carbocycles. The number of halogens is 2. The van der Waals surface area contributed by atoms with E-state index in [9.17, 15) is 18.4 Å². The highest BCUT2D eigenvalue weighted by atomic mass is 32.2. The molecule has 148 valence electrons. The summed E-state index contributed by atoms with van der Waals surface area (Å²) in [4.78, 5) is 25.2. The molecule has 0 aromatic heterocycles. The summed E-state index contributed by atoms with van der Waals surface area (Å²) in [5.74, 6) is -1.27. The first-order valence-electron chi connectivity index (χ1n) is 9.30. The molecule has 0 spiro atoms. The van der Waals surface area contributed by atoms with Crippen LogP contribution in [0.4, 0.5) is 20.2 Å². The molecule has 4 nitrogen and oxygen atoms in total. The van der Waals surface area contributed by atoms with Crippen LogP contribution in [-0.4, -0.2) is 17.6 Å². The van der Waals surface area contributed by atoms with Crippen molar-refractivity contribution >= 4 is 35.0 Å². The van der Waals surface area contributed by atoms with E-state index < -0.39 is 5.82 Å². The molecular weight excluding hydrogens is 382 g/mol. The van der Waals surface area contributed by atoms with Crippen LogP contribution in [0.25, 0.3) is 0 Å². The summed E-state index contributed by atoms with van der Waals surface area (Å²) < 4.78 is 27.0. The Morgan fingerprint density at radius 3 is 2.39 bits per heavy atom. The molecule has 3 rings (SSSR count). The van der Waals surface area contributed by atoms with Gasteiger partial charge in [0.15, 0.2) is 0 Å². The molecule has 28 heavy (non-hydrogen) atoms. The second-order valence-corrected chi connectivity index (χ2v) is 7.86. The summed E-state index contributed by atoms with van der Waals surface area (Å²) in [7, 11) is 0. The monoisotopic (exact) mass is 404 g/mol. The standard InChI is InChI=1S/C21H22F2N2O2S/c22-15-6-9-17(10-7-15)28-13-20(26)24-16-8-11-18(23)19(12-16)25-21(27)14-4-2-1-3-5-14/h6-12,14H,1-5,13H2,(H,24,26)(H,25,27). The Balaban J connectivity index is 1.56. The Morgan fingerprint density at radius 1 is 0.964 bits per heavy atom. The minimum atomic E-state index is -0.539. The SMILES string of the molecule is O=C(CSc1ccc(F)cc1)Nc1ccc(F)c(NC(=O)C2CCCCC2)c1. The van der Waals surface area contributed by atoms with E-state index in [0.29, 0.717) is 5.69 Å². The Kier molecular flexibility index (Phi) is 7.03. The minimum Gasteiger partial charge on any atom is -0.325 e. The van der Waals surface area contributed by atoms with E-state index >= 15 is 0 Å². The molecular formula is C21H22F2N2O2S. The van der Waals surface area contributed by atoms with Gasteiger partial charge in [0, 0.05) is 16.5 Å². The first-order valence-corrected chi connectivity index (χ1v) is 10.3. The largest absolute Gasteiger partial charge is 0.325 e. The molecule has 0 bridgehead atoms. The quantitative estimate of drug-likeness (QED) is 0.650. The summed E-state index contributed by atoms with van der Waals surface area (Å²) in [6, 6.07) is 9.97. The van der Waals surface area contributed by atoms with Crippen molar-refractivity contribution in [3.63, 3.8) is 0 Å². The lowest BCUT2D eigenvalue weighted by Crippen LogP contribution is -2.25. The zero-order valence-corrected chi connectivity index (χ0v) is 16.2. The van der Waals surface area contributed by atoms with Crippen LogP contribution >= 0.6 is 11.8 Å². The average Bonchev–Trinajstić information content (AvgIpc) is 2.71. The van der Waals surface area contributed by atoms with Crippen molar-refractivity contribution in [3.8, 4) is 0 Å². The lowest BCUT2D eigenvalue weighted by atomic mass is 9.88. The summed E-state index contributed by atoms with van der Waals surface area (Å²) in [5.41, 5.74) is 0.476. The van der Waals surface area contributed by atoms with Gasteiger partial charge in [-0.2, -0.15) is 0 Å². The number of carbonyl (C=O) groups is 2. The highest BCUT2D eigenvalue weighted by Gasteiger charge is 2.22. The lowest BCUT2D eigenvalue weighted by molar-refractivity contribution is -0.120. The molecule has 0 saturated heterocycles. The van der Waals surface area contributed by atoms with Gasteiger partial charge >= 0.3 is 0 Å². The maximum Gasteiger partial charge on any atom is 0.234 e. The third-order valence-electron chi connectivity index (χ3n) is 4.67. The van der Waals surface area contributed by atoms with E-state index in [0.717, 1.165) is 37.0 Å². The van der Waals surface area contributed by atoms with Gasteiger partial charge in [0.2, 0.25) is 11.8 Å². The first-order chi connectivity index (χ1) is 13.5. The Morgan fingerprint density at radius 2 is 1.68 bits per heavy atom.